The minimum Gasteiger partial charge on any atom is -0.345 e. The average Bonchev–Trinajstić information content (AvgIpc) is 3.14. The highest BCUT2D eigenvalue weighted by molar-refractivity contribution is 7.13. The molecule has 1 saturated heterocycles. The van der Waals surface area contributed by atoms with E-state index in [1.165, 1.54) is 29.2 Å². The fourth-order valence-electron chi connectivity index (χ4n) is 3.02. The second-order valence-corrected chi connectivity index (χ2v) is 6.60. The third-order valence-electron chi connectivity index (χ3n) is 4.30. The number of nitrogens with zero attached hydrogens (tertiary/aromatic N) is 2. The molecule has 1 aromatic heterocycles. The molecule has 1 aliphatic rings. The Bertz CT molecular complexity index is 566. The number of hydrogen-bond acceptors (Lipinski definition) is 4. The number of likely N-dealkylation sites (N-methyl/N-ethyl adjacent to an activating group) is 1. The van der Waals surface area contributed by atoms with Crippen LogP contribution in [-0.4, -0.2) is 24.6 Å². The fourth-order valence-corrected chi connectivity index (χ4v) is 3.99. The molecule has 0 saturated carbocycles. The quantitative estimate of drug-likeness (QED) is 0.914. The first-order valence-electron chi connectivity index (χ1n) is 7.71. The van der Waals surface area contributed by atoms with Crippen molar-refractivity contribution in [3.8, 4) is 0 Å². The zero-order chi connectivity index (χ0) is 14.7. The Morgan fingerprint density at radius 1 is 1.38 bits per heavy atom. The first-order valence-corrected chi connectivity index (χ1v) is 8.59. The first kappa shape index (κ1) is 14.5. The van der Waals surface area contributed by atoms with Crippen LogP contribution in [0.25, 0.3) is 0 Å². The lowest BCUT2D eigenvalue weighted by Gasteiger charge is -2.20. The molecule has 1 N–H and O–H groups in total. The summed E-state index contributed by atoms with van der Waals surface area (Å²) in [5.74, 6) is 0. The largest absolute Gasteiger partial charge is 0.345 e. The van der Waals surface area contributed by atoms with E-state index in [-0.39, 0.29) is 0 Å². The Hall–Kier alpha value is -1.39. The Kier molecular flexibility index (Phi) is 4.56. The molecule has 2 aromatic rings. The molecule has 3 nitrogen and oxygen atoms in total. The van der Waals surface area contributed by atoms with Gasteiger partial charge in [0.2, 0.25) is 0 Å². The number of aromatic nitrogens is 1. The maximum Gasteiger partial charge on any atom is 0.185 e. The zero-order valence-electron chi connectivity index (χ0n) is 12.7. The molecular weight excluding hydrogens is 278 g/mol. The lowest BCUT2D eigenvalue weighted by atomic mass is 10.0. The SMILES string of the molecule is CNC(Cc1csc(N2CCCC2C)n1)c1ccccc1. The maximum absolute atomic E-state index is 4.86. The van der Waals surface area contributed by atoms with Gasteiger partial charge in [-0.15, -0.1) is 11.3 Å². The predicted octanol–water partition coefficient (Wildman–Crippen LogP) is 3.64. The van der Waals surface area contributed by atoms with Gasteiger partial charge in [0.15, 0.2) is 5.13 Å². The van der Waals surface area contributed by atoms with Gasteiger partial charge < -0.3 is 10.2 Å². The van der Waals surface area contributed by atoms with E-state index in [4.69, 9.17) is 4.98 Å². The van der Waals surface area contributed by atoms with Gasteiger partial charge in [-0.05, 0) is 32.4 Å². The summed E-state index contributed by atoms with van der Waals surface area (Å²) in [6.07, 6.45) is 3.52. The molecule has 1 fully saturated rings. The minimum absolute atomic E-state index is 0.331. The van der Waals surface area contributed by atoms with Crippen molar-refractivity contribution in [1.82, 2.24) is 10.3 Å². The molecule has 112 valence electrons. The van der Waals surface area contributed by atoms with Crippen LogP contribution in [0.4, 0.5) is 5.13 Å². The van der Waals surface area contributed by atoms with Gasteiger partial charge in [-0.1, -0.05) is 30.3 Å². The highest BCUT2D eigenvalue weighted by atomic mass is 32.1. The Morgan fingerprint density at radius 3 is 2.86 bits per heavy atom. The van der Waals surface area contributed by atoms with Crippen molar-refractivity contribution in [2.75, 3.05) is 18.5 Å². The van der Waals surface area contributed by atoms with E-state index in [2.05, 4.69) is 52.9 Å². The summed E-state index contributed by atoms with van der Waals surface area (Å²) < 4.78 is 0. The molecule has 0 bridgehead atoms. The van der Waals surface area contributed by atoms with Crippen LogP contribution < -0.4 is 10.2 Å². The molecule has 1 aliphatic heterocycles. The van der Waals surface area contributed by atoms with Crippen LogP contribution in [0, 0.1) is 0 Å². The van der Waals surface area contributed by atoms with Crippen molar-refractivity contribution < 1.29 is 0 Å². The summed E-state index contributed by atoms with van der Waals surface area (Å²) in [5, 5.41) is 6.81. The molecule has 2 unspecified atom stereocenters. The molecule has 0 spiro atoms. The number of benzene rings is 1. The molecule has 0 amide bonds. The standard InChI is InChI=1S/C17H23N3S/c1-13-7-6-10-20(13)17-19-15(12-21-17)11-16(18-2)14-8-4-3-5-9-14/h3-5,8-9,12-13,16,18H,6-7,10-11H2,1-2H3. The highest BCUT2D eigenvalue weighted by Gasteiger charge is 2.23. The van der Waals surface area contributed by atoms with Crippen LogP contribution in [0.5, 0.6) is 0 Å². The van der Waals surface area contributed by atoms with Crippen molar-refractivity contribution in [1.29, 1.82) is 0 Å². The van der Waals surface area contributed by atoms with Crippen molar-refractivity contribution >= 4 is 16.5 Å². The molecule has 1 aromatic carbocycles. The Balaban J connectivity index is 1.71. The molecule has 21 heavy (non-hydrogen) atoms. The van der Waals surface area contributed by atoms with Crippen molar-refractivity contribution in [2.24, 2.45) is 0 Å². The van der Waals surface area contributed by atoms with E-state index in [1.807, 2.05) is 7.05 Å². The van der Waals surface area contributed by atoms with Gasteiger partial charge in [-0.25, -0.2) is 4.98 Å². The smallest absolute Gasteiger partial charge is 0.185 e. The van der Waals surface area contributed by atoms with E-state index in [0.717, 1.165) is 13.0 Å². The Labute approximate surface area is 131 Å². The lowest BCUT2D eigenvalue weighted by Crippen LogP contribution is -2.26. The minimum atomic E-state index is 0.331. The first-order chi connectivity index (χ1) is 10.3. The maximum atomic E-state index is 4.86. The molecular formula is C17H23N3S. The highest BCUT2D eigenvalue weighted by Crippen LogP contribution is 2.29. The van der Waals surface area contributed by atoms with Crippen LogP contribution in [0.2, 0.25) is 0 Å². The predicted molar refractivity (Wildman–Crippen MR) is 90.1 cm³/mol. The van der Waals surface area contributed by atoms with Crippen molar-refractivity contribution in [3.05, 3.63) is 47.0 Å². The molecule has 3 rings (SSSR count). The normalized spacial score (nSPS) is 19.9. The average molecular weight is 301 g/mol. The van der Waals surface area contributed by atoms with E-state index >= 15 is 0 Å². The van der Waals surface area contributed by atoms with Crippen LogP contribution >= 0.6 is 11.3 Å². The number of hydrogen-bond donors (Lipinski definition) is 1. The second kappa shape index (κ2) is 6.58. The topological polar surface area (TPSA) is 28.2 Å². The van der Waals surface area contributed by atoms with E-state index in [1.54, 1.807) is 11.3 Å². The monoisotopic (exact) mass is 301 g/mol. The molecule has 0 radical (unpaired) electrons. The third kappa shape index (κ3) is 3.27. The molecule has 0 aliphatic carbocycles. The number of nitrogens with one attached hydrogen (secondary N) is 1. The van der Waals surface area contributed by atoms with Crippen LogP contribution in [0.1, 0.15) is 37.1 Å². The summed E-state index contributed by atoms with van der Waals surface area (Å²) in [4.78, 5) is 7.31. The number of anilines is 1. The van der Waals surface area contributed by atoms with E-state index in [9.17, 15) is 0 Å². The van der Waals surface area contributed by atoms with Crippen LogP contribution in [-0.2, 0) is 6.42 Å². The van der Waals surface area contributed by atoms with E-state index in [0.29, 0.717) is 12.1 Å². The van der Waals surface area contributed by atoms with Gasteiger partial charge >= 0.3 is 0 Å². The summed E-state index contributed by atoms with van der Waals surface area (Å²) in [6, 6.07) is 11.6. The van der Waals surface area contributed by atoms with Crippen molar-refractivity contribution in [2.45, 2.75) is 38.3 Å². The van der Waals surface area contributed by atoms with Gasteiger partial charge in [-0.2, -0.15) is 0 Å². The van der Waals surface area contributed by atoms with Crippen LogP contribution in [0.15, 0.2) is 35.7 Å². The van der Waals surface area contributed by atoms with Gasteiger partial charge in [0.1, 0.15) is 0 Å². The second-order valence-electron chi connectivity index (χ2n) is 5.76. The van der Waals surface area contributed by atoms with E-state index < -0.39 is 0 Å². The van der Waals surface area contributed by atoms with Crippen LogP contribution in [0.3, 0.4) is 0 Å². The summed E-state index contributed by atoms with van der Waals surface area (Å²) in [7, 11) is 2.02. The lowest BCUT2D eigenvalue weighted by molar-refractivity contribution is 0.585. The fraction of sp³-hybridized carbons (Fsp3) is 0.471. The van der Waals surface area contributed by atoms with Gasteiger partial charge in [0.25, 0.3) is 0 Å². The molecule has 4 heteroatoms. The summed E-state index contributed by atoms with van der Waals surface area (Å²) in [5.41, 5.74) is 2.52. The summed E-state index contributed by atoms with van der Waals surface area (Å²) in [6.45, 7) is 3.46. The Morgan fingerprint density at radius 2 is 2.19 bits per heavy atom. The summed E-state index contributed by atoms with van der Waals surface area (Å²) >= 11 is 1.79. The van der Waals surface area contributed by atoms with Crippen molar-refractivity contribution in [3.63, 3.8) is 0 Å². The zero-order valence-corrected chi connectivity index (χ0v) is 13.6. The number of rotatable bonds is 5. The van der Waals surface area contributed by atoms with Gasteiger partial charge in [-0.3, -0.25) is 0 Å². The molecule has 2 atom stereocenters. The van der Waals surface area contributed by atoms with Gasteiger partial charge in [0, 0.05) is 30.4 Å². The third-order valence-corrected chi connectivity index (χ3v) is 5.23. The molecule has 2 heterocycles. The van der Waals surface area contributed by atoms with Gasteiger partial charge in [0.05, 0.1) is 5.69 Å². The number of thiazole rings is 1.